The third kappa shape index (κ3) is 3.22. The predicted octanol–water partition coefficient (Wildman–Crippen LogP) is 4.26. The Morgan fingerprint density at radius 1 is 1.62 bits per heavy atom. The van der Waals surface area contributed by atoms with Crippen molar-refractivity contribution >= 4 is 0 Å². The maximum Gasteiger partial charge on any atom is -0.0224 e. The molecule has 0 saturated carbocycles. The molecule has 0 fully saturated rings. The van der Waals surface area contributed by atoms with Crippen LogP contribution in [0.25, 0.3) is 0 Å². The monoisotopic (exact) mass is 176 g/mol. The topological polar surface area (TPSA) is 0 Å². The van der Waals surface area contributed by atoms with Crippen molar-refractivity contribution in [1.82, 2.24) is 0 Å². The fourth-order valence-electron chi connectivity index (χ4n) is 1.52. The summed E-state index contributed by atoms with van der Waals surface area (Å²) >= 11 is 0. The van der Waals surface area contributed by atoms with Gasteiger partial charge >= 0.3 is 0 Å². The molecule has 1 atom stereocenters. The lowest BCUT2D eigenvalue weighted by Gasteiger charge is -2.13. The van der Waals surface area contributed by atoms with Crippen molar-refractivity contribution in [3.8, 4) is 0 Å². The first-order valence-corrected chi connectivity index (χ1v) is 5.30. The highest BCUT2D eigenvalue weighted by atomic mass is 14.1. The molecule has 0 saturated heterocycles. The molecule has 1 aliphatic rings. The molecular formula is C13H20. The van der Waals surface area contributed by atoms with Crippen LogP contribution in [0.1, 0.15) is 39.5 Å². The molecule has 0 amide bonds. The molecule has 0 bridgehead atoms. The van der Waals surface area contributed by atoms with Crippen molar-refractivity contribution in [1.29, 1.82) is 0 Å². The smallest absolute Gasteiger partial charge is 0.0224 e. The van der Waals surface area contributed by atoms with Gasteiger partial charge in [-0.2, -0.15) is 0 Å². The predicted molar refractivity (Wildman–Crippen MR) is 59.7 cm³/mol. The lowest BCUT2D eigenvalue weighted by atomic mass is 9.93. The third-order valence-electron chi connectivity index (χ3n) is 2.55. The van der Waals surface area contributed by atoms with Gasteiger partial charge in [-0.1, -0.05) is 45.1 Å². The van der Waals surface area contributed by atoms with Crippen molar-refractivity contribution in [2.24, 2.45) is 5.92 Å². The number of allylic oxidation sites excluding steroid dienone is 5. The Morgan fingerprint density at radius 2 is 2.38 bits per heavy atom. The molecular weight excluding hydrogens is 156 g/mol. The SMILES string of the molecule is C=C(CCCC)C1=CC[C@@H](C)C=C1. The summed E-state index contributed by atoms with van der Waals surface area (Å²) in [5.41, 5.74) is 2.68. The highest BCUT2D eigenvalue weighted by Crippen LogP contribution is 2.23. The minimum atomic E-state index is 0.711. The van der Waals surface area contributed by atoms with Gasteiger partial charge in [0.25, 0.3) is 0 Å². The van der Waals surface area contributed by atoms with E-state index in [1.807, 2.05) is 0 Å². The van der Waals surface area contributed by atoms with Gasteiger partial charge in [0.05, 0.1) is 0 Å². The van der Waals surface area contributed by atoms with Crippen LogP contribution in [0.5, 0.6) is 0 Å². The lowest BCUT2D eigenvalue weighted by molar-refractivity contribution is 0.727. The van der Waals surface area contributed by atoms with E-state index < -0.39 is 0 Å². The summed E-state index contributed by atoms with van der Waals surface area (Å²) in [5.74, 6) is 0.711. The molecule has 72 valence electrons. The highest BCUT2D eigenvalue weighted by Gasteiger charge is 2.05. The van der Waals surface area contributed by atoms with E-state index in [4.69, 9.17) is 0 Å². The van der Waals surface area contributed by atoms with Crippen molar-refractivity contribution < 1.29 is 0 Å². The quantitative estimate of drug-likeness (QED) is 0.600. The van der Waals surface area contributed by atoms with Crippen LogP contribution in [0.3, 0.4) is 0 Å². The number of hydrogen-bond acceptors (Lipinski definition) is 0. The molecule has 0 nitrogen and oxygen atoms in total. The Hall–Kier alpha value is -0.780. The van der Waals surface area contributed by atoms with Crippen LogP contribution in [0.4, 0.5) is 0 Å². The van der Waals surface area contributed by atoms with E-state index in [9.17, 15) is 0 Å². The fourth-order valence-corrected chi connectivity index (χ4v) is 1.52. The molecule has 0 spiro atoms. The van der Waals surface area contributed by atoms with Crippen LogP contribution in [-0.2, 0) is 0 Å². The van der Waals surface area contributed by atoms with Crippen LogP contribution >= 0.6 is 0 Å². The minimum Gasteiger partial charge on any atom is -0.0952 e. The zero-order valence-electron chi connectivity index (χ0n) is 8.84. The summed E-state index contributed by atoms with van der Waals surface area (Å²) in [4.78, 5) is 0. The first-order valence-electron chi connectivity index (χ1n) is 5.30. The van der Waals surface area contributed by atoms with E-state index in [2.05, 4.69) is 38.7 Å². The van der Waals surface area contributed by atoms with E-state index in [1.165, 1.54) is 30.4 Å². The summed E-state index contributed by atoms with van der Waals surface area (Å²) in [6.45, 7) is 8.59. The largest absolute Gasteiger partial charge is 0.0952 e. The molecule has 0 unspecified atom stereocenters. The molecule has 0 aromatic heterocycles. The lowest BCUT2D eigenvalue weighted by Crippen LogP contribution is -1.96. The maximum atomic E-state index is 4.12. The van der Waals surface area contributed by atoms with E-state index in [-0.39, 0.29) is 0 Å². The summed E-state index contributed by atoms with van der Waals surface area (Å²) in [6, 6.07) is 0. The Balaban J connectivity index is 2.44. The van der Waals surface area contributed by atoms with Gasteiger partial charge in [0.2, 0.25) is 0 Å². The van der Waals surface area contributed by atoms with Gasteiger partial charge in [-0.05, 0) is 36.3 Å². The minimum absolute atomic E-state index is 0.711. The van der Waals surface area contributed by atoms with E-state index in [1.54, 1.807) is 0 Å². The van der Waals surface area contributed by atoms with Crippen LogP contribution in [0, 0.1) is 5.92 Å². The average molecular weight is 176 g/mol. The van der Waals surface area contributed by atoms with Gasteiger partial charge in [0.15, 0.2) is 0 Å². The van der Waals surface area contributed by atoms with Crippen molar-refractivity contribution in [3.63, 3.8) is 0 Å². The summed E-state index contributed by atoms with van der Waals surface area (Å²) in [7, 11) is 0. The van der Waals surface area contributed by atoms with Gasteiger partial charge < -0.3 is 0 Å². The zero-order valence-corrected chi connectivity index (χ0v) is 8.84. The van der Waals surface area contributed by atoms with Crippen molar-refractivity contribution in [3.05, 3.63) is 36.0 Å². The average Bonchev–Trinajstić information content (AvgIpc) is 2.15. The molecule has 13 heavy (non-hydrogen) atoms. The van der Waals surface area contributed by atoms with Gasteiger partial charge in [-0.15, -0.1) is 0 Å². The zero-order chi connectivity index (χ0) is 9.68. The van der Waals surface area contributed by atoms with Gasteiger partial charge in [-0.25, -0.2) is 0 Å². The Bertz CT molecular complexity index is 230. The molecule has 0 radical (unpaired) electrons. The second-order valence-corrected chi connectivity index (χ2v) is 3.94. The van der Waals surface area contributed by atoms with Crippen LogP contribution in [0.2, 0.25) is 0 Å². The standard InChI is InChI=1S/C13H20/c1-4-5-6-12(3)13-9-7-11(2)8-10-13/h7,9-11H,3-6,8H2,1-2H3/t11-/m0/s1. The Morgan fingerprint density at radius 3 is 2.92 bits per heavy atom. The number of unbranched alkanes of at least 4 members (excludes halogenated alkanes) is 1. The fraction of sp³-hybridized carbons (Fsp3) is 0.538. The molecule has 0 aromatic rings. The maximum absolute atomic E-state index is 4.12. The first-order chi connectivity index (χ1) is 6.24. The molecule has 1 rings (SSSR count). The first kappa shape index (κ1) is 10.3. The van der Waals surface area contributed by atoms with Crippen molar-refractivity contribution in [2.45, 2.75) is 39.5 Å². The van der Waals surface area contributed by atoms with Crippen LogP contribution < -0.4 is 0 Å². The molecule has 0 N–H and O–H groups in total. The van der Waals surface area contributed by atoms with Crippen LogP contribution in [0.15, 0.2) is 36.0 Å². The van der Waals surface area contributed by atoms with Gasteiger partial charge in [-0.3, -0.25) is 0 Å². The van der Waals surface area contributed by atoms with Crippen LogP contribution in [-0.4, -0.2) is 0 Å². The second kappa shape index (κ2) is 5.06. The summed E-state index contributed by atoms with van der Waals surface area (Å²) < 4.78 is 0. The summed E-state index contributed by atoms with van der Waals surface area (Å²) in [5, 5.41) is 0. The summed E-state index contributed by atoms with van der Waals surface area (Å²) in [6.07, 6.45) is 11.7. The van der Waals surface area contributed by atoms with E-state index in [0.29, 0.717) is 5.92 Å². The van der Waals surface area contributed by atoms with Gasteiger partial charge in [0, 0.05) is 0 Å². The second-order valence-electron chi connectivity index (χ2n) is 3.94. The third-order valence-corrected chi connectivity index (χ3v) is 2.55. The molecule has 0 heteroatoms. The Kier molecular flexibility index (Phi) is 4.01. The van der Waals surface area contributed by atoms with Gasteiger partial charge in [0.1, 0.15) is 0 Å². The molecule has 0 aromatic carbocycles. The normalized spacial score (nSPS) is 21.4. The Labute approximate surface area is 82.0 Å². The molecule has 0 aliphatic heterocycles. The molecule has 1 aliphatic carbocycles. The van der Waals surface area contributed by atoms with E-state index >= 15 is 0 Å². The van der Waals surface area contributed by atoms with E-state index in [0.717, 1.165) is 6.42 Å². The highest BCUT2D eigenvalue weighted by molar-refractivity contribution is 5.39. The number of hydrogen-bond donors (Lipinski definition) is 0. The van der Waals surface area contributed by atoms with Crippen molar-refractivity contribution in [2.75, 3.05) is 0 Å². The molecule has 0 heterocycles. The number of rotatable bonds is 4.